The maximum absolute atomic E-state index is 13.5. The molecule has 1 aromatic carbocycles. The van der Waals surface area contributed by atoms with Crippen molar-refractivity contribution < 1.29 is 12.8 Å². The normalized spacial score (nSPS) is 14.0. The van der Waals surface area contributed by atoms with Crippen LogP contribution in [0.2, 0.25) is 5.02 Å². The predicted octanol–water partition coefficient (Wildman–Crippen LogP) is 1.94. The Labute approximate surface area is 106 Å². The average molecular weight is 281 g/mol. The molecule has 0 bridgehead atoms. The number of hydrogen-bond donors (Lipinski definition) is 1. The summed E-state index contributed by atoms with van der Waals surface area (Å²) in [5.74, 6) is -0.536. The lowest BCUT2D eigenvalue weighted by molar-refractivity contribution is 0.490. The van der Waals surface area contributed by atoms with Gasteiger partial charge in [-0.2, -0.15) is 17.4 Å². The van der Waals surface area contributed by atoms with Gasteiger partial charge in [-0.1, -0.05) is 17.7 Å². The van der Waals surface area contributed by atoms with Gasteiger partial charge in [0, 0.05) is 30.7 Å². The minimum Gasteiger partial charge on any atom is -0.207 e. The van der Waals surface area contributed by atoms with Crippen LogP contribution in [-0.4, -0.2) is 26.8 Å². The van der Waals surface area contributed by atoms with Gasteiger partial charge in [0.15, 0.2) is 0 Å². The molecule has 96 valence electrons. The molecule has 17 heavy (non-hydrogen) atoms. The van der Waals surface area contributed by atoms with Crippen LogP contribution in [0.5, 0.6) is 0 Å². The molecule has 1 unspecified atom stereocenters. The summed E-state index contributed by atoms with van der Waals surface area (Å²) in [7, 11) is -0.847. The van der Waals surface area contributed by atoms with Gasteiger partial charge >= 0.3 is 0 Å². The van der Waals surface area contributed by atoms with E-state index >= 15 is 0 Å². The SMILES string of the molecule is CC(NS(=O)(=O)N(C)C)c1c(F)cccc1Cl. The Hall–Kier alpha value is -0.690. The summed E-state index contributed by atoms with van der Waals surface area (Å²) in [6.07, 6.45) is 0. The van der Waals surface area contributed by atoms with Gasteiger partial charge in [0.05, 0.1) is 0 Å². The van der Waals surface area contributed by atoms with Crippen molar-refractivity contribution in [1.82, 2.24) is 9.03 Å². The molecule has 1 rings (SSSR count). The summed E-state index contributed by atoms with van der Waals surface area (Å²) in [4.78, 5) is 0. The third kappa shape index (κ3) is 3.38. The molecule has 0 spiro atoms. The molecule has 0 aliphatic heterocycles. The van der Waals surface area contributed by atoms with Crippen molar-refractivity contribution in [3.05, 3.63) is 34.6 Å². The number of hydrogen-bond acceptors (Lipinski definition) is 2. The molecule has 0 heterocycles. The van der Waals surface area contributed by atoms with Crippen molar-refractivity contribution in [2.75, 3.05) is 14.1 Å². The Balaban J connectivity index is 3.03. The topological polar surface area (TPSA) is 49.4 Å². The highest BCUT2D eigenvalue weighted by Gasteiger charge is 2.21. The lowest BCUT2D eigenvalue weighted by Crippen LogP contribution is -2.37. The maximum Gasteiger partial charge on any atom is 0.279 e. The lowest BCUT2D eigenvalue weighted by atomic mass is 10.1. The van der Waals surface area contributed by atoms with Crippen LogP contribution >= 0.6 is 11.6 Å². The molecular formula is C10H14ClFN2O2S. The molecule has 0 saturated carbocycles. The summed E-state index contributed by atoms with van der Waals surface area (Å²) < 4.78 is 40.1. The molecule has 1 aromatic rings. The molecule has 1 N–H and O–H groups in total. The van der Waals surface area contributed by atoms with Gasteiger partial charge in [-0.25, -0.2) is 4.39 Å². The fourth-order valence-corrected chi connectivity index (χ4v) is 2.41. The van der Waals surface area contributed by atoms with Crippen molar-refractivity contribution in [3.63, 3.8) is 0 Å². The first kappa shape index (κ1) is 14.4. The van der Waals surface area contributed by atoms with Gasteiger partial charge in [-0.05, 0) is 19.1 Å². The monoisotopic (exact) mass is 280 g/mol. The fourth-order valence-electron chi connectivity index (χ4n) is 1.31. The van der Waals surface area contributed by atoms with Crippen molar-refractivity contribution in [2.45, 2.75) is 13.0 Å². The maximum atomic E-state index is 13.5. The lowest BCUT2D eigenvalue weighted by Gasteiger charge is -2.19. The van der Waals surface area contributed by atoms with Gasteiger partial charge in [0.1, 0.15) is 5.82 Å². The summed E-state index contributed by atoms with van der Waals surface area (Å²) in [6.45, 7) is 1.53. The largest absolute Gasteiger partial charge is 0.279 e. The Morgan fingerprint density at radius 1 is 1.41 bits per heavy atom. The number of halogens is 2. The van der Waals surface area contributed by atoms with E-state index in [2.05, 4.69) is 4.72 Å². The Morgan fingerprint density at radius 3 is 2.47 bits per heavy atom. The summed E-state index contributed by atoms with van der Waals surface area (Å²) in [5.41, 5.74) is 0.139. The molecule has 0 saturated heterocycles. The summed E-state index contributed by atoms with van der Waals surface area (Å²) >= 11 is 5.84. The molecule has 0 amide bonds. The van der Waals surface area contributed by atoms with E-state index in [1.165, 1.54) is 39.2 Å². The minimum absolute atomic E-state index is 0.139. The molecule has 1 atom stereocenters. The second-order valence-electron chi connectivity index (χ2n) is 3.76. The average Bonchev–Trinajstić information content (AvgIpc) is 2.15. The first-order valence-corrected chi connectivity index (χ1v) is 6.71. The first-order chi connectivity index (χ1) is 7.75. The molecule has 7 heteroatoms. The van der Waals surface area contributed by atoms with E-state index in [0.29, 0.717) is 0 Å². The zero-order valence-corrected chi connectivity index (χ0v) is 11.3. The highest BCUT2D eigenvalue weighted by Crippen LogP contribution is 2.26. The smallest absolute Gasteiger partial charge is 0.207 e. The molecule has 0 aliphatic rings. The van der Waals surface area contributed by atoms with E-state index in [4.69, 9.17) is 11.6 Å². The predicted molar refractivity (Wildman–Crippen MR) is 65.6 cm³/mol. The summed E-state index contributed by atoms with van der Waals surface area (Å²) in [5, 5.41) is 0.193. The van der Waals surface area contributed by atoms with Gasteiger partial charge in [0.25, 0.3) is 10.2 Å². The molecule has 0 fully saturated rings. The highest BCUT2D eigenvalue weighted by atomic mass is 35.5. The zero-order chi connectivity index (χ0) is 13.2. The second kappa shape index (κ2) is 5.30. The fraction of sp³-hybridized carbons (Fsp3) is 0.400. The minimum atomic E-state index is -3.62. The van der Waals surface area contributed by atoms with Crippen LogP contribution < -0.4 is 4.72 Å². The number of benzene rings is 1. The van der Waals surface area contributed by atoms with Gasteiger partial charge in [0.2, 0.25) is 0 Å². The van der Waals surface area contributed by atoms with E-state index < -0.39 is 22.1 Å². The highest BCUT2D eigenvalue weighted by molar-refractivity contribution is 7.87. The molecule has 4 nitrogen and oxygen atoms in total. The van der Waals surface area contributed by atoms with Gasteiger partial charge in [-0.15, -0.1) is 0 Å². The molecule has 0 radical (unpaired) electrons. The Kier molecular flexibility index (Phi) is 4.48. The Morgan fingerprint density at radius 2 is 2.00 bits per heavy atom. The van der Waals surface area contributed by atoms with Crippen molar-refractivity contribution in [2.24, 2.45) is 0 Å². The second-order valence-corrected chi connectivity index (χ2v) is 6.09. The van der Waals surface area contributed by atoms with Crippen LogP contribution in [0.1, 0.15) is 18.5 Å². The van der Waals surface area contributed by atoms with Crippen LogP contribution in [0.15, 0.2) is 18.2 Å². The van der Waals surface area contributed by atoms with Crippen molar-refractivity contribution >= 4 is 21.8 Å². The van der Waals surface area contributed by atoms with Crippen LogP contribution in [0.25, 0.3) is 0 Å². The summed E-state index contributed by atoms with van der Waals surface area (Å²) in [6, 6.07) is 3.48. The van der Waals surface area contributed by atoms with E-state index in [1.54, 1.807) is 0 Å². The van der Waals surface area contributed by atoms with Gasteiger partial charge < -0.3 is 0 Å². The van der Waals surface area contributed by atoms with Crippen LogP contribution in [-0.2, 0) is 10.2 Å². The molecular weight excluding hydrogens is 267 g/mol. The standard InChI is InChI=1S/C10H14ClFN2O2S/c1-7(13-17(15,16)14(2)3)10-8(11)5-4-6-9(10)12/h4-7,13H,1-3H3. The van der Waals surface area contributed by atoms with Crippen molar-refractivity contribution in [1.29, 1.82) is 0 Å². The zero-order valence-electron chi connectivity index (χ0n) is 9.74. The van der Waals surface area contributed by atoms with E-state index in [9.17, 15) is 12.8 Å². The van der Waals surface area contributed by atoms with Crippen LogP contribution in [0, 0.1) is 5.82 Å². The number of nitrogens with zero attached hydrogens (tertiary/aromatic N) is 1. The quantitative estimate of drug-likeness (QED) is 0.916. The van der Waals surface area contributed by atoms with Crippen LogP contribution in [0.3, 0.4) is 0 Å². The third-order valence-corrected chi connectivity index (χ3v) is 4.18. The van der Waals surface area contributed by atoms with E-state index in [-0.39, 0.29) is 10.6 Å². The number of nitrogens with one attached hydrogen (secondary N) is 1. The third-order valence-electron chi connectivity index (χ3n) is 2.24. The Bertz CT molecular complexity index is 485. The van der Waals surface area contributed by atoms with Crippen molar-refractivity contribution in [3.8, 4) is 0 Å². The van der Waals surface area contributed by atoms with Gasteiger partial charge in [-0.3, -0.25) is 0 Å². The van der Waals surface area contributed by atoms with E-state index in [0.717, 1.165) is 4.31 Å². The van der Waals surface area contributed by atoms with Crippen LogP contribution in [0.4, 0.5) is 4.39 Å². The molecule has 0 aromatic heterocycles. The molecule has 0 aliphatic carbocycles. The van der Waals surface area contributed by atoms with E-state index in [1.807, 2.05) is 0 Å². The first-order valence-electron chi connectivity index (χ1n) is 4.89. The number of rotatable bonds is 4.